The molecule has 4 atom stereocenters. The van der Waals surface area contributed by atoms with Crippen molar-refractivity contribution in [2.75, 3.05) is 41.3 Å². The Balaban J connectivity index is 1.95. The minimum absolute atomic E-state index is 0.645. The van der Waals surface area contributed by atoms with Crippen molar-refractivity contribution < 1.29 is 0 Å². The van der Waals surface area contributed by atoms with Crippen molar-refractivity contribution >= 4 is 0 Å². The summed E-state index contributed by atoms with van der Waals surface area (Å²) in [6.07, 6.45) is 9.07. The molecule has 3 aliphatic carbocycles. The molecule has 2 nitrogen and oxygen atoms in total. The molecule has 0 aromatic rings. The van der Waals surface area contributed by atoms with Crippen molar-refractivity contribution in [2.45, 2.75) is 38.5 Å². The molecule has 0 aromatic carbocycles. The number of nitrogens with zero attached hydrogens (tertiary/aromatic N) is 2. The van der Waals surface area contributed by atoms with Crippen molar-refractivity contribution in [3.63, 3.8) is 0 Å². The highest BCUT2D eigenvalue weighted by atomic mass is 15.1. The average molecular weight is 250 g/mol. The molecule has 0 heterocycles. The van der Waals surface area contributed by atoms with Gasteiger partial charge in [0.25, 0.3) is 0 Å². The van der Waals surface area contributed by atoms with Crippen molar-refractivity contribution in [1.82, 2.24) is 9.80 Å². The van der Waals surface area contributed by atoms with Crippen molar-refractivity contribution in [2.24, 2.45) is 22.7 Å². The van der Waals surface area contributed by atoms with Gasteiger partial charge in [-0.1, -0.05) is 6.42 Å². The molecule has 3 aliphatic rings. The topological polar surface area (TPSA) is 6.48 Å². The molecular formula is C16H30N2. The Kier molecular flexibility index (Phi) is 3.02. The number of rotatable bonds is 4. The lowest BCUT2D eigenvalue weighted by molar-refractivity contribution is -0.0172. The van der Waals surface area contributed by atoms with Gasteiger partial charge in [0.05, 0.1) is 0 Å². The molecular weight excluding hydrogens is 220 g/mol. The molecule has 4 unspecified atom stereocenters. The molecule has 3 saturated carbocycles. The van der Waals surface area contributed by atoms with E-state index >= 15 is 0 Å². The van der Waals surface area contributed by atoms with Crippen LogP contribution < -0.4 is 0 Å². The van der Waals surface area contributed by atoms with E-state index in [1.54, 1.807) is 0 Å². The molecule has 104 valence electrons. The molecule has 0 spiro atoms. The largest absolute Gasteiger partial charge is 0.309 e. The van der Waals surface area contributed by atoms with Gasteiger partial charge in [-0.05, 0) is 83.0 Å². The van der Waals surface area contributed by atoms with Crippen LogP contribution in [0.15, 0.2) is 0 Å². The van der Waals surface area contributed by atoms with E-state index in [-0.39, 0.29) is 0 Å². The standard InChI is InChI=1S/C16H30N2/c1-17(2)11-15-9-7-13(10-15)14-6-5-8-16(14,15)12-18(3)4/h13-14H,5-12H2,1-4H3. The molecule has 2 bridgehead atoms. The highest BCUT2D eigenvalue weighted by Gasteiger charge is 2.67. The van der Waals surface area contributed by atoms with E-state index in [9.17, 15) is 0 Å². The maximum atomic E-state index is 2.47. The Bertz CT molecular complexity index is 325. The summed E-state index contributed by atoms with van der Waals surface area (Å²) in [7, 11) is 9.10. The summed E-state index contributed by atoms with van der Waals surface area (Å²) in [4.78, 5) is 4.93. The fraction of sp³-hybridized carbons (Fsp3) is 1.00. The van der Waals surface area contributed by atoms with Crippen LogP contribution >= 0.6 is 0 Å². The molecule has 0 saturated heterocycles. The van der Waals surface area contributed by atoms with E-state index in [0.29, 0.717) is 10.8 Å². The van der Waals surface area contributed by atoms with Crippen LogP contribution in [0.5, 0.6) is 0 Å². The monoisotopic (exact) mass is 250 g/mol. The first-order valence-corrected chi connectivity index (χ1v) is 7.79. The fourth-order valence-electron chi connectivity index (χ4n) is 6.24. The third kappa shape index (κ3) is 1.61. The van der Waals surface area contributed by atoms with Gasteiger partial charge in [0.2, 0.25) is 0 Å². The Hall–Kier alpha value is -0.0800. The molecule has 0 aliphatic heterocycles. The van der Waals surface area contributed by atoms with E-state index in [0.717, 1.165) is 11.8 Å². The van der Waals surface area contributed by atoms with Crippen LogP contribution in [0, 0.1) is 22.7 Å². The number of hydrogen-bond donors (Lipinski definition) is 0. The predicted octanol–water partition coefficient (Wildman–Crippen LogP) is 2.70. The van der Waals surface area contributed by atoms with Crippen molar-refractivity contribution in [3.8, 4) is 0 Å². The zero-order chi connectivity index (χ0) is 13.0. The van der Waals surface area contributed by atoms with Gasteiger partial charge >= 0.3 is 0 Å². The number of fused-ring (bicyclic) bond motifs is 5. The maximum absolute atomic E-state index is 2.47. The van der Waals surface area contributed by atoms with Gasteiger partial charge in [-0.2, -0.15) is 0 Å². The Morgan fingerprint density at radius 2 is 1.67 bits per heavy atom. The lowest BCUT2D eigenvalue weighted by Crippen LogP contribution is -2.51. The molecule has 0 amide bonds. The summed E-state index contributed by atoms with van der Waals surface area (Å²) >= 11 is 0. The minimum atomic E-state index is 0.645. The zero-order valence-electron chi connectivity index (χ0n) is 12.7. The molecule has 2 heteroatoms. The van der Waals surface area contributed by atoms with Gasteiger partial charge in [-0.3, -0.25) is 0 Å². The van der Waals surface area contributed by atoms with Crippen LogP contribution in [-0.4, -0.2) is 51.1 Å². The van der Waals surface area contributed by atoms with Gasteiger partial charge in [0.15, 0.2) is 0 Å². The van der Waals surface area contributed by atoms with Gasteiger partial charge in [-0.15, -0.1) is 0 Å². The molecule has 3 rings (SSSR count). The van der Waals surface area contributed by atoms with Gasteiger partial charge < -0.3 is 9.80 Å². The quantitative estimate of drug-likeness (QED) is 0.757. The van der Waals surface area contributed by atoms with Crippen LogP contribution in [0.2, 0.25) is 0 Å². The summed E-state index contributed by atoms with van der Waals surface area (Å²) in [6, 6.07) is 0. The van der Waals surface area contributed by atoms with E-state index < -0.39 is 0 Å². The Morgan fingerprint density at radius 3 is 2.33 bits per heavy atom. The summed E-state index contributed by atoms with van der Waals surface area (Å²) < 4.78 is 0. The Labute approximate surface area is 113 Å². The molecule has 18 heavy (non-hydrogen) atoms. The van der Waals surface area contributed by atoms with Crippen LogP contribution in [0.4, 0.5) is 0 Å². The maximum Gasteiger partial charge on any atom is 0.00404 e. The van der Waals surface area contributed by atoms with Crippen LogP contribution in [0.1, 0.15) is 38.5 Å². The van der Waals surface area contributed by atoms with Gasteiger partial charge in [0, 0.05) is 13.1 Å². The second-order valence-corrected chi connectivity index (χ2v) is 7.91. The van der Waals surface area contributed by atoms with E-state index in [1.807, 2.05) is 0 Å². The second-order valence-electron chi connectivity index (χ2n) is 7.91. The SMILES string of the molecule is CN(C)CC12CCC(C1)C1CCCC12CN(C)C. The van der Waals surface area contributed by atoms with E-state index in [1.165, 1.54) is 51.6 Å². The number of hydrogen-bond acceptors (Lipinski definition) is 2. The first kappa shape index (κ1) is 12.9. The first-order valence-electron chi connectivity index (χ1n) is 7.79. The Morgan fingerprint density at radius 1 is 0.944 bits per heavy atom. The molecule has 0 N–H and O–H groups in total. The third-order valence-corrected chi connectivity index (χ3v) is 6.34. The minimum Gasteiger partial charge on any atom is -0.309 e. The third-order valence-electron chi connectivity index (χ3n) is 6.34. The van der Waals surface area contributed by atoms with Crippen LogP contribution in [0.25, 0.3) is 0 Å². The van der Waals surface area contributed by atoms with Gasteiger partial charge in [0.1, 0.15) is 0 Å². The van der Waals surface area contributed by atoms with Crippen LogP contribution in [0.3, 0.4) is 0 Å². The average Bonchev–Trinajstić information content (AvgIpc) is 2.85. The van der Waals surface area contributed by atoms with E-state index in [4.69, 9.17) is 0 Å². The molecule has 3 fully saturated rings. The highest BCUT2D eigenvalue weighted by molar-refractivity contribution is 5.17. The first-order chi connectivity index (χ1) is 8.49. The summed E-state index contributed by atoms with van der Waals surface area (Å²) in [5.74, 6) is 2.11. The fourth-order valence-corrected chi connectivity index (χ4v) is 6.24. The van der Waals surface area contributed by atoms with E-state index in [2.05, 4.69) is 38.0 Å². The molecule has 0 aromatic heterocycles. The normalized spacial score (nSPS) is 46.3. The predicted molar refractivity (Wildman–Crippen MR) is 76.7 cm³/mol. The lowest BCUT2D eigenvalue weighted by Gasteiger charge is -2.50. The smallest absolute Gasteiger partial charge is 0.00404 e. The second kappa shape index (κ2) is 4.21. The van der Waals surface area contributed by atoms with Crippen molar-refractivity contribution in [3.05, 3.63) is 0 Å². The molecule has 0 radical (unpaired) electrons. The van der Waals surface area contributed by atoms with Crippen LogP contribution in [-0.2, 0) is 0 Å². The lowest BCUT2D eigenvalue weighted by atomic mass is 9.59. The van der Waals surface area contributed by atoms with Crippen molar-refractivity contribution in [1.29, 1.82) is 0 Å². The zero-order valence-corrected chi connectivity index (χ0v) is 12.7. The summed E-state index contributed by atoms with van der Waals surface area (Å²) in [6.45, 7) is 2.66. The summed E-state index contributed by atoms with van der Waals surface area (Å²) in [5.41, 5.74) is 1.30. The summed E-state index contributed by atoms with van der Waals surface area (Å²) in [5, 5.41) is 0. The highest BCUT2D eigenvalue weighted by Crippen LogP contribution is 2.72. The van der Waals surface area contributed by atoms with Gasteiger partial charge in [-0.25, -0.2) is 0 Å².